The fraction of sp³-hybridized carbons (Fsp3) is 0.462. The summed E-state index contributed by atoms with van der Waals surface area (Å²) in [6.07, 6.45) is 3.52. The van der Waals surface area contributed by atoms with Gasteiger partial charge in [-0.2, -0.15) is 0 Å². The van der Waals surface area contributed by atoms with Crippen molar-refractivity contribution in [2.45, 2.75) is 38.6 Å². The minimum absolute atomic E-state index is 0.0761. The van der Waals surface area contributed by atoms with Crippen LogP contribution in [0.25, 0.3) is 11.4 Å². The van der Waals surface area contributed by atoms with Crippen molar-refractivity contribution >= 4 is 5.69 Å². The van der Waals surface area contributed by atoms with Gasteiger partial charge in [-0.1, -0.05) is 0 Å². The minimum atomic E-state index is 0.0761. The number of aromatic nitrogens is 4. The zero-order valence-corrected chi connectivity index (χ0v) is 10.7. The van der Waals surface area contributed by atoms with Crippen LogP contribution in [0.15, 0.2) is 18.2 Å². The molecule has 5 nitrogen and oxygen atoms in total. The predicted octanol–water partition coefficient (Wildman–Crippen LogP) is 2.13. The molecule has 5 heteroatoms. The molecule has 2 N–H and O–H groups in total. The van der Waals surface area contributed by atoms with E-state index >= 15 is 0 Å². The van der Waals surface area contributed by atoms with Gasteiger partial charge in [0.05, 0.1) is 5.54 Å². The molecular weight excluding hydrogens is 226 g/mol. The van der Waals surface area contributed by atoms with Gasteiger partial charge in [0.15, 0.2) is 5.82 Å². The lowest BCUT2D eigenvalue weighted by Crippen LogP contribution is -2.38. The molecule has 1 aromatic heterocycles. The van der Waals surface area contributed by atoms with E-state index in [2.05, 4.69) is 22.4 Å². The molecule has 0 spiro atoms. The zero-order valence-electron chi connectivity index (χ0n) is 10.7. The molecule has 0 atom stereocenters. The van der Waals surface area contributed by atoms with Crippen LogP contribution in [0, 0.1) is 6.92 Å². The summed E-state index contributed by atoms with van der Waals surface area (Å²) in [5.41, 5.74) is 8.79. The maximum atomic E-state index is 5.78. The first-order valence-corrected chi connectivity index (χ1v) is 6.25. The molecule has 0 saturated heterocycles. The number of benzene rings is 1. The van der Waals surface area contributed by atoms with E-state index < -0.39 is 0 Å². The van der Waals surface area contributed by atoms with Crippen LogP contribution < -0.4 is 5.73 Å². The lowest BCUT2D eigenvalue weighted by molar-refractivity contribution is 0.148. The molecule has 0 bridgehead atoms. The fourth-order valence-corrected chi connectivity index (χ4v) is 2.56. The number of rotatable bonds is 2. The molecule has 0 amide bonds. The second-order valence-corrected chi connectivity index (χ2v) is 5.34. The monoisotopic (exact) mass is 243 g/mol. The molecule has 3 rings (SSSR count). The van der Waals surface area contributed by atoms with Crippen LogP contribution in [0.1, 0.15) is 31.7 Å². The van der Waals surface area contributed by atoms with E-state index in [0.29, 0.717) is 0 Å². The molecule has 1 aliphatic rings. The largest absolute Gasteiger partial charge is 0.399 e. The van der Waals surface area contributed by atoms with Crippen molar-refractivity contribution in [1.29, 1.82) is 0 Å². The van der Waals surface area contributed by atoms with E-state index in [9.17, 15) is 0 Å². The van der Waals surface area contributed by atoms with E-state index in [0.717, 1.165) is 35.5 Å². The SMILES string of the molecule is Cc1cc(N)ccc1-c1nnnn1C1(C)CCC1. The van der Waals surface area contributed by atoms with Crippen LogP contribution in [-0.2, 0) is 5.54 Å². The third-order valence-corrected chi connectivity index (χ3v) is 3.90. The van der Waals surface area contributed by atoms with Crippen LogP contribution in [0.3, 0.4) is 0 Å². The molecular formula is C13H17N5. The molecule has 0 aliphatic heterocycles. The van der Waals surface area contributed by atoms with Gasteiger partial charge in [0, 0.05) is 11.3 Å². The Bertz CT molecular complexity index is 583. The van der Waals surface area contributed by atoms with E-state index in [1.807, 2.05) is 29.8 Å². The highest BCUT2D eigenvalue weighted by molar-refractivity contribution is 5.63. The lowest BCUT2D eigenvalue weighted by Gasteiger charge is -2.38. The summed E-state index contributed by atoms with van der Waals surface area (Å²) < 4.78 is 1.97. The van der Waals surface area contributed by atoms with Gasteiger partial charge in [0.2, 0.25) is 0 Å². The first-order valence-electron chi connectivity index (χ1n) is 6.25. The number of hydrogen-bond donors (Lipinski definition) is 1. The molecule has 1 heterocycles. The lowest BCUT2D eigenvalue weighted by atomic mass is 9.78. The number of aryl methyl sites for hydroxylation is 1. The summed E-state index contributed by atoms with van der Waals surface area (Å²) in [6.45, 7) is 4.25. The van der Waals surface area contributed by atoms with Gasteiger partial charge in [0.1, 0.15) is 0 Å². The normalized spacial score (nSPS) is 17.4. The molecule has 1 aromatic carbocycles. The Hall–Kier alpha value is -1.91. The third kappa shape index (κ3) is 1.58. The van der Waals surface area contributed by atoms with Crippen molar-refractivity contribution in [2.75, 3.05) is 5.73 Å². The quantitative estimate of drug-likeness (QED) is 0.820. The summed E-state index contributed by atoms with van der Waals surface area (Å²) in [5, 5.41) is 12.2. The highest BCUT2D eigenvalue weighted by Crippen LogP contribution is 2.40. The molecule has 0 radical (unpaired) electrons. The third-order valence-electron chi connectivity index (χ3n) is 3.90. The number of anilines is 1. The maximum absolute atomic E-state index is 5.78. The summed E-state index contributed by atoms with van der Waals surface area (Å²) in [4.78, 5) is 0. The molecule has 1 aliphatic carbocycles. The van der Waals surface area contributed by atoms with E-state index in [1.54, 1.807) is 0 Å². The zero-order chi connectivity index (χ0) is 12.8. The van der Waals surface area contributed by atoms with Crippen molar-refractivity contribution in [3.05, 3.63) is 23.8 Å². The Kier molecular flexibility index (Phi) is 2.36. The number of hydrogen-bond acceptors (Lipinski definition) is 4. The van der Waals surface area contributed by atoms with Gasteiger partial charge >= 0.3 is 0 Å². The molecule has 0 unspecified atom stereocenters. The van der Waals surface area contributed by atoms with Gasteiger partial charge in [-0.25, -0.2) is 4.68 Å². The minimum Gasteiger partial charge on any atom is -0.399 e. The first-order chi connectivity index (χ1) is 8.60. The van der Waals surface area contributed by atoms with Gasteiger partial charge < -0.3 is 5.73 Å². The van der Waals surface area contributed by atoms with Crippen molar-refractivity contribution in [2.24, 2.45) is 0 Å². The van der Waals surface area contributed by atoms with Crippen molar-refractivity contribution in [3.63, 3.8) is 0 Å². The second-order valence-electron chi connectivity index (χ2n) is 5.34. The standard InChI is InChI=1S/C13H17N5/c1-9-8-10(14)4-5-11(9)12-15-16-17-18(12)13(2)6-3-7-13/h4-5,8H,3,6-7,14H2,1-2H3. The molecule has 18 heavy (non-hydrogen) atoms. The van der Waals surface area contributed by atoms with Gasteiger partial charge in [-0.3, -0.25) is 0 Å². The second kappa shape index (κ2) is 3.80. The highest BCUT2D eigenvalue weighted by Gasteiger charge is 2.37. The van der Waals surface area contributed by atoms with E-state index in [-0.39, 0.29) is 5.54 Å². The van der Waals surface area contributed by atoms with E-state index in [4.69, 9.17) is 5.73 Å². The number of tetrazole rings is 1. The van der Waals surface area contributed by atoms with Crippen molar-refractivity contribution in [3.8, 4) is 11.4 Å². The molecule has 94 valence electrons. The Balaban J connectivity index is 2.10. The van der Waals surface area contributed by atoms with Crippen molar-refractivity contribution in [1.82, 2.24) is 20.2 Å². The number of nitrogen functional groups attached to an aromatic ring is 1. The van der Waals surface area contributed by atoms with E-state index in [1.165, 1.54) is 6.42 Å². The summed E-state index contributed by atoms with van der Waals surface area (Å²) >= 11 is 0. The van der Waals surface area contributed by atoms with Crippen LogP contribution in [-0.4, -0.2) is 20.2 Å². The first kappa shape index (κ1) is 11.2. The Morgan fingerprint density at radius 3 is 2.72 bits per heavy atom. The van der Waals surface area contributed by atoms with Gasteiger partial charge in [-0.05, 0) is 67.3 Å². The topological polar surface area (TPSA) is 69.6 Å². The van der Waals surface area contributed by atoms with Crippen LogP contribution in [0.4, 0.5) is 5.69 Å². The molecule has 1 saturated carbocycles. The Labute approximate surface area is 106 Å². The number of nitrogens with two attached hydrogens (primary N) is 1. The maximum Gasteiger partial charge on any atom is 0.182 e. The summed E-state index contributed by atoms with van der Waals surface area (Å²) in [7, 11) is 0. The van der Waals surface area contributed by atoms with Gasteiger partial charge in [-0.15, -0.1) is 5.10 Å². The predicted molar refractivity (Wildman–Crippen MR) is 69.9 cm³/mol. The Morgan fingerprint density at radius 2 is 2.11 bits per heavy atom. The van der Waals surface area contributed by atoms with Crippen LogP contribution >= 0.6 is 0 Å². The summed E-state index contributed by atoms with van der Waals surface area (Å²) in [6, 6.07) is 5.84. The average molecular weight is 243 g/mol. The van der Waals surface area contributed by atoms with Gasteiger partial charge in [0.25, 0.3) is 0 Å². The average Bonchev–Trinajstić information content (AvgIpc) is 2.75. The number of nitrogens with zero attached hydrogens (tertiary/aromatic N) is 4. The summed E-state index contributed by atoms with van der Waals surface area (Å²) in [5.74, 6) is 0.842. The highest BCUT2D eigenvalue weighted by atomic mass is 15.6. The fourth-order valence-electron chi connectivity index (χ4n) is 2.56. The smallest absolute Gasteiger partial charge is 0.182 e. The van der Waals surface area contributed by atoms with Crippen LogP contribution in [0.2, 0.25) is 0 Å². The van der Waals surface area contributed by atoms with Crippen LogP contribution in [0.5, 0.6) is 0 Å². The van der Waals surface area contributed by atoms with Crippen molar-refractivity contribution < 1.29 is 0 Å². The Morgan fingerprint density at radius 1 is 1.33 bits per heavy atom. The molecule has 1 fully saturated rings. The molecule has 2 aromatic rings.